The molecule has 0 N–H and O–H groups in total. The Morgan fingerprint density at radius 2 is 0.961 bits per heavy atom. The molecule has 0 aliphatic heterocycles. The summed E-state index contributed by atoms with van der Waals surface area (Å²) in [4.78, 5) is 10.3. The van der Waals surface area contributed by atoms with Crippen molar-refractivity contribution in [3.8, 4) is 56.2 Å². The van der Waals surface area contributed by atoms with Crippen LogP contribution in [-0.2, 0) is 0 Å². The van der Waals surface area contributed by atoms with Crippen LogP contribution in [0, 0.1) is 0 Å². The van der Waals surface area contributed by atoms with Gasteiger partial charge in [-0.2, -0.15) is 0 Å². The summed E-state index contributed by atoms with van der Waals surface area (Å²) in [7, 11) is 0. The SMILES string of the molecule is c1ccc(-c2cc(-c3cc(-c4ccc5ccccc5c4)cc(-c4cc5ccccc5c5sc6ccccc6c45)c3)nc(-c3ccccc3)n2)cc1. The summed E-state index contributed by atoms with van der Waals surface area (Å²) in [5, 5.41) is 7.57. The van der Waals surface area contributed by atoms with E-state index in [0.29, 0.717) is 5.82 Å². The maximum Gasteiger partial charge on any atom is 0.160 e. The summed E-state index contributed by atoms with van der Waals surface area (Å²) in [6, 6.07) is 65.1. The van der Waals surface area contributed by atoms with E-state index in [1.165, 1.54) is 52.8 Å². The van der Waals surface area contributed by atoms with Crippen molar-refractivity contribution >= 4 is 53.1 Å². The third-order valence-electron chi connectivity index (χ3n) is 9.82. The molecule has 2 heterocycles. The number of nitrogens with zero attached hydrogens (tertiary/aromatic N) is 2. The van der Waals surface area contributed by atoms with Gasteiger partial charge in [-0.25, -0.2) is 9.97 Å². The minimum Gasteiger partial charge on any atom is -0.228 e. The van der Waals surface area contributed by atoms with Gasteiger partial charge in [0, 0.05) is 36.9 Å². The molecule has 0 amide bonds. The highest BCUT2D eigenvalue weighted by Crippen LogP contribution is 2.45. The van der Waals surface area contributed by atoms with Gasteiger partial charge in [0.2, 0.25) is 0 Å². The lowest BCUT2D eigenvalue weighted by molar-refractivity contribution is 1.18. The fraction of sp³-hybridized carbons (Fsp3) is 0. The van der Waals surface area contributed by atoms with Crippen LogP contribution >= 0.6 is 11.3 Å². The van der Waals surface area contributed by atoms with Gasteiger partial charge in [-0.3, -0.25) is 0 Å². The number of hydrogen-bond acceptors (Lipinski definition) is 3. The maximum absolute atomic E-state index is 5.26. The van der Waals surface area contributed by atoms with Gasteiger partial charge in [0.15, 0.2) is 5.82 Å². The highest BCUT2D eigenvalue weighted by atomic mass is 32.1. The minimum absolute atomic E-state index is 0.710. The molecule has 2 nitrogen and oxygen atoms in total. The largest absolute Gasteiger partial charge is 0.228 e. The van der Waals surface area contributed by atoms with Crippen LogP contribution in [0.5, 0.6) is 0 Å². The van der Waals surface area contributed by atoms with Crippen LogP contribution in [0.3, 0.4) is 0 Å². The van der Waals surface area contributed by atoms with E-state index >= 15 is 0 Å². The number of rotatable bonds is 5. The molecule has 0 bridgehead atoms. The summed E-state index contributed by atoms with van der Waals surface area (Å²) < 4.78 is 2.62. The molecule has 0 unspecified atom stereocenters. The topological polar surface area (TPSA) is 25.8 Å². The molecule has 3 heteroatoms. The third-order valence-corrected chi connectivity index (χ3v) is 11.0. The van der Waals surface area contributed by atoms with Crippen molar-refractivity contribution in [3.05, 3.63) is 182 Å². The van der Waals surface area contributed by atoms with E-state index in [2.05, 4.69) is 158 Å². The first-order chi connectivity index (χ1) is 25.2. The Morgan fingerprint density at radius 3 is 1.76 bits per heavy atom. The van der Waals surface area contributed by atoms with Crippen LogP contribution in [0.2, 0.25) is 0 Å². The normalized spacial score (nSPS) is 11.5. The van der Waals surface area contributed by atoms with Gasteiger partial charge < -0.3 is 0 Å². The summed E-state index contributed by atoms with van der Waals surface area (Å²) >= 11 is 1.88. The zero-order valence-electron chi connectivity index (χ0n) is 27.6. The average molecular weight is 667 g/mol. The molecule has 0 aliphatic carbocycles. The van der Waals surface area contributed by atoms with Crippen molar-refractivity contribution in [3.63, 3.8) is 0 Å². The lowest BCUT2D eigenvalue weighted by atomic mass is 9.90. The molecule has 0 spiro atoms. The lowest BCUT2D eigenvalue weighted by Crippen LogP contribution is -1.96. The van der Waals surface area contributed by atoms with E-state index in [1.807, 2.05) is 35.6 Å². The Balaban J connectivity index is 1.28. The van der Waals surface area contributed by atoms with E-state index in [1.54, 1.807) is 0 Å². The molecular formula is C48H30N2S. The molecule has 0 radical (unpaired) electrons. The number of aromatic nitrogens is 2. The third kappa shape index (κ3) is 5.27. The fourth-order valence-electron chi connectivity index (χ4n) is 7.32. The van der Waals surface area contributed by atoms with E-state index in [-0.39, 0.29) is 0 Å². The fourth-order valence-corrected chi connectivity index (χ4v) is 8.59. The molecule has 0 atom stereocenters. The maximum atomic E-state index is 5.26. The van der Waals surface area contributed by atoms with Crippen molar-refractivity contribution < 1.29 is 0 Å². The van der Waals surface area contributed by atoms with E-state index in [0.717, 1.165) is 39.2 Å². The summed E-state index contributed by atoms with van der Waals surface area (Å²) in [5.41, 5.74) is 9.59. The first-order valence-electron chi connectivity index (χ1n) is 17.2. The predicted octanol–water partition coefficient (Wildman–Crippen LogP) is 13.5. The highest BCUT2D eigenvalue weighted by molar-refractivity contribution is 7.26. The number of fused-ring (bicyclic) bond motifs is 6. The molecule has 51 heavy (non-hydrogen) atoms. The predicted molar refractivity (Wildman–Crippen MR) is 217 cm³/mol. The Hall–Kier alpha value is -6.42. The molecule has 0 fully saturated rings. The average Bonchev–Trinajstić information content (AvgIpc) is 3.61. The molecule has 2 aromatic heterocycles. The second kappa shape index (κ2) is 12.2. The van der Waals surface area contributed by atoms with Gasteiger partial charge in [0.05, 0.1) is 11.4 Å². The van der Waals surface area contributed by atoms with Crippen molar-refractivity contribution in [2.75, 3.05) is 0 Å². The second-order valence-corrected chi connectivity index (χ2v) is 14.1. The van der Waals surface area contributed by atoms with Crippen molar-refractivity contribution in [2.45, 2.75) is 0 Å². The Bertz CT molecular complexity index is 2850. The Kier molecular flexibility index (Phi) is 7.04. The summed E-state index contributed by atoms with van der Waals surface area (Å²) in [5.74, 6) is 0.710. The monoisotopic (exact) mass is 666 g/mol. The van der Waals surface area contributed by atoms with E-state index in [9.17, 15) is 0 Å². The van der Waals surface area contributed by atoms with Gasteiger partial charge in [-0.15, -0.1) is 11.3 Å². The van der Waals surface area contributed by atoms with Gasteiger partial charge >= 0.3 is 0 Å². The molecular weight excluding hydrogens is 637 g/mol. The molecule has 0 saturated carbocycles. The minimum atomic E-state index is 0.710. The number of hydrogen-bond donors (Lipinski definition) is 0. The van der Waals surface area contributed by atoms with Gasteiger partial charge in [0.1, 0.15) is 0 Å². The van der Waals surface area contributed by atoms with Crippen molar-refractivity contribution in [2.24, 2.45) is 0 Å². The van der Waals surface area contributed by atoms with Crippen LogP contribution in [0.25, 0.3) is 97.9 Å². The molecule has 0 aliphatic rings. The van der Waals surface area contributed by atoms with Crippen LogP contribution in [0.4, 0.5) is 0 Å². The second-order valence-electron chi connectivity index (χ2n) is 13.0. The highest BCUT2D eigenvalue weighted by Gasteiger charge is 2.18. The Morgan fingerprint density at radius 1 is 0.353 bits per heavy atom. The summed E-state index contributed by atoms with van der Waals surface area (Å²) in [6.45, 7) is 0. The van der Waals surface area contributed by atoms with Crippen LogP contribution in [0.1, 0.15) is 0 Å². The van der Waals surface area contributed by atoms with Crippen LogP contribution < -0.4 is 0 Å². The molecule has 8 aromatic carbocycles. The Labute approximate surface area is 300 Å². The van der Waals surface area contributed by atoms with Crippen LogP contribution in [0.15, 0.2) is 182 Å². The van der Waals surface area contributed by atoms with E-state index in [4.69, 9.17) is 9.97 Å². The molecule has 0 saturated heterocycles. The van der Waals surface area contributed by atoms with Crippen molar-refractivity contribution in [1.82, 2.24) is 9.97 Å². The van der Waals surface area contributed by atoms with Gasteiger partial charge in [0.25, 0.3) is 0 Å². The molecule has 10 aromatic rings. The van der Waals surface area contributed by atoms with Gasteiger partial charge in [-0.05, 0) is 86.3 Å². The quantitative estimate of drug-likeness (QED) is 0.183. The molecule has 10 rings (SSSR count). The molecule has 238 valence electrons. The first-order valence-corrected chi connectivity index (χ1v) is 18.0. The van der Waals surface area contributed by atoms with Gasteiger partial charge in [-0.1, -0.05) is 140 Å². The number of thiophene rings is 1. The standard InChI is InChI=1S/C48H30N2S/c1-3-14-32(15-4-1)43-30-44(50-48(49-43)33-16-5-2-6-17-33)39-27-37(35-24-23-31-13-7-8-18-34(31)25-35)26-38(28-39)42-29-36-19-9-10-20-40(36)47-46(42)41-21-11-12-22-45(41)51-47/h1-30H. The number of benzene rings is 8. The zero-order chi connectivity index (χ0) is 33.7. The van der Waals surface area contributed by atoms with Crippen LogP contribution in [-0.4, -0.2) is 9.97 Å². The zero-order valence-corrected chi connectivity index (χ0v) is 28.4. The summed E-state index contributed by atoms with van der Waals surface area (Å²) in [6.07, 6.45) is 0. The first kappa shape index (κ1) is 29.5. The lowest BCUT2D eigenvalue weighted by Gasteiger charge is -2.15. The smallest absolute Gasteiger partial charge is 0.160 e. The van der Waals surface area contributed by atoms with Crippen molar-refractivity contribution in [1.29, 1.82) is 0 Å². The van der Waals surface area contributed by atoms with E-state index < -0.39 is 0 Å².